The highest BCUT2D eigenvalue weighted by atomic mass is 19.4. The van der Waals surface area contributed by atoms with Crippen molar-refractivity contribution in [3.8, 4) is 17.3 Å². The molecule has 1 fully saturated rings. The molecular weight excluding hydrogens is 547 g/mol. The summed E-state index contributed by atoms with van der Waals surface area (Å²) >= 11 is 0. The Kier molecular flexibility index (Phi) is 6.99. The fourth-order valence-corrected chi connectivity index (χ4v) is 4.66. The van der Waals surface area contributed by atoms with Gasteiger partial charge >= 0.3 is 11.9 Å². The molecular formula is C24H22F3N11O3. The summed E-state index contributed by atoms with van der Waals surface area (Å²) in [4.78, 5) is 60.3. The van der Waals surface area contributed by atoms with Crippen LogP contribution in [0.4, 0.5) is 24.9 Å². The van der Waals surface area contributed by atoms with Gasteiger partial charge in [-0.2, -0.15) is 18.4 Å². The largest absolute Gasteiger partial charge is 0.408 e. The average Bonchev–Trinajstić information content (AvgIpc) is 3.62. The molecule has 1 saturated heterocycles. The molecule has 1 amide bonds. The van der Waals surface area contributed by atoms with Crippen molar-refractivity contribution in [1.29, 1.82) is 5.26 Å². The molecule has 5 heterocycles. The Labute approximate surface area is 228 Å². The van der Waals surface area contributed by atoms with Crippen molar-refractivity contribution in [2.75, 3.05) is 16.8 Å². The molecule has 1 aliphatic heterocycles. The summed E-state index contributed by atoms with van der Waals surface area (Å²) in [5.74, 6) is -0.577. The number of aryl methyl sites for hydroxylation is 1. The molecule has 4 aromatic heterocycles. The lowest BCUT2D eigenvalue weighted by Crippen LogP contribution is -2.42. The van der Waals surface area contributed by atoms with Crippen molar-refractivity contribution in [3.05, 3.63) is 52.0 Å². The Morgan fingerprint density at radius 3 is 2.61 bits per heavy atom. The van der Waals surface area contributed by atoms with Gasteiger partial charge in [0.1, 0.15) is 18.6 Å². The van der Waals surface area contributed by atoms with Crippen LogP contribution < -0.4 is 21.5 Å². The molecule has 0 aliphatic carbocycles. The summed E-state index contributed by atoms with van der Waals surface area (Å²) in [5.41, 5.74) is -0.827. The first-order valence-corrected chi connectivity index (χ1v) is 12.3. The number of anilines is 2. The molecule has 4 aromatic rings. The quantitative estimate of drug-likeness (QED) is 0.358. The van der Waals surface area contributed by atoms with Gasteiger partial charge in [-0.1, -0.05) is 0 Å². The van der Waals surface area contributed by atoms with Gasteiger partial charge < -0.3 is 14.8 Å². The summed E-state index contributed by atoms with van der Waals surface area (Å²) in [6.45, 7) is 1.23. The zero-order chi connectivity index (χ0) is 29.5. The highest BCUT2D eigenvalue weighted by molar-refractivity contribution is 5.93. The third kappa shape index (κ3) is 4.99. The summed E-state index contributed by atoms with van der Waals surface area (Å²) in [6, 6.07) is -0.862. The maximum atomic E-state index is 13.3. The maximum Gasteiger partial charge on any atom is 0.408 e. The van der Waals surface area contributed by atoms with Gasteiger partial charge in [-0.15, -0.1) is 0 Å². The molecule has 2 atom stereocenters. The number of nitrogens with zero attached hydrogens (tertiary/aromatic N) is 10. The molecule has 0 saturated carbocycles. The molecule has 0 spiro atoms. The van der Waals surface area contributed by atoms with E-state index >= 15 is 0 Å². The Balaban J connectivity index is 1.37. The summed E-state index contributed by atoms with van der Waals surface area (Å²) in [7, 11) is 1.40. The second-order valence-corrected chi connectivity index (χ2v) is 9.33. The Hall–Kier alpha value is -5.14. The summed E-state index contributed by atoms with van der Waals surface area (Å²) < 4.78 is 43.1. The number of hydrogen-bond acceptors (Lipinski definition) is 10. The lowest BCUT2D eigenvalue weighted by atomic mass is 10.2. The lowest BCUT2D eigenvalue weighted by Gasteiger charge is -2.26. The second kappa shape index (κ2) is 10.4. The molecule has 1 aliphatic rings. The van der Waals surface area contributed by atoms with Crippen LogP contribution in [0.15, 0.2) is 40.7 Å². The van der Waals surface area contributed by atoms with Crippen LogP contribution in [0.5, 0.6) is 0 Å². The van der Waals surface area contributed by atoms with Crippen LogP contribution in [0, 0.1) is 11.3 Å². The maximum absolute atomic E-state index is 13.3. The monoisotopic (exact) mass is 569 g/mol. The van der Waals surface area contributed by atoms with E-state index in [9.17, 15) is 27.6 Å². The van der Waals surface area contributed by atoms with E-state index in [1.165, 1.54) is 49.7 Å². The number of hydrogen-bond donors (Lipinski definition) is 1. The summed E-state index contributed by atoms with van der Waals surface area (Å²) in [5, 5.41) is 11.6. The molecule has 0 radical (unpaired) electrons. The first-order valence-electron chi connectivity index (χ1n) is 12.3. The number of halogens is 3. The zero-order valence-corrected chi connectivity index (χ0v) is 21.7. The van der Waals surface area contributed by atoms with Crippen molar-refractivity contribution < 1.29 is 18.0 Å². The number of carbonyl (C=O) groups excluding carboxylic acids is 1. The van der Waals surface area contributed by atoms with Crippen molar-refractivity contribution in [3.63, 3.8) is 0 Å². The van der Waals surface area contributed by atoms with Crippen LogP contribution in [0.1, 0.15) is 25.8 Å². The van der Waals surface area contributed by atoms with Crippen LogP contribution >= 0.6 is 0 Å². The first kappa shape index (κ1) is 27.4. The van der Waals surface area contributed by atoms with Crippen LogP contribution in [-0.4, -0.2) is 63.3 Å². The fourth-order valence-electron chi connectivity index (χ4n) is 4.66. The Morgan fingerprint density at radius 2 is 1.93 bits per heavy atom. The van der Waals surface area contributed by atoms with Gasteiger partial charge in [0.2, 0.25) is 11.9 Å². The fraction of sp³-hybridized carbons (Fsp3) is 0.375. The van der Waals surface area contributed by atoms with Gasteiger partial charge in [0, 0.05) is 31.5 Å². The van der Waals surface area contributed by atoms with Crippen LogP contribution in [-0.2, 0) is 18.4 Å². The first-order chi connectivity index (χ1) is 19.5. The predicted octanol–water partition coefficient (Wildman–Crippen LogP) is 1.40. The lowest BCUT2D eigenvalue weighted by molar-refractivity contribution is -0.146. The SMILES string of the molecule is CC(C(=O)Nc1cncc(-c2cnc(N3CCCC3C(F)(F)F)nc2)n1)n1cnc2c1c(=O)n(CC#N)c(=O)n2C. The van der Waals surface area contributed by atoms with E-state index in [1.807, 2.05) is 0 Å². The van der Waals surface area contributed by atoms with Crippen molar-refractivity contribution in [1.82, 2.24) is 38.6 Å². The Bertz CT molecular complexity index is 1790. The molecule has 0 aromatic carbocycles. The Morgan fingerprint density at radius 1 is 1.20 bits per heavy atom. The van der Waals surface area contributed by atoms with Gasteiger partial charge in [0.05, 0.1) is 30.5 Å². The number of carbonyl (C=O) groups is 1. The van der Waals surface area contributed by atoms with Crippen molar-refractivity contribution in [2.24, 2.45) is 7.05 Å². The molecule has 41 heavy (non-hydrogen) atoms. The second-order valence-electron chi connectivity index (χ2n) is 9.33. The number of nitriles is 1. The van der Waals surface area contributed by atoms with Crippen molar-refractivity contribution in [2.45, 2.75) is 44.6 Å². The number of aromatic nitrogens is 8. The van der Waals surface area contributed by atoms with E-state index in [0.29, 0.717) is 12.0 Å². The molecule has 2 unspecified atom stereocenters. The molecule has 1 N–H and O–H groups in total. The number of nitrogens with one attached hydrogen (secondary N) is 1. The van der Waals surface area contributed by atoms with Crippen molar-refractivity contribution >= 4 is 28.8 Å². The molecule has 212 valence electrons. The van der Waals surface area contributed by atoms with Crippen LogP contribution in [0.3, 0.4) is 0 Å². The van der Waals surface area contributed by atoms with E-state index in [-0.39, 0.29) is 41.6 Å². The highest BCUT2D eigenvalue weighted by Crippen LogP contribution is 2.34. The van der Waals surface area contributed by atoms with Gasteiger partial charge in [0.15, 0.2) is 17.0 Å². The van der Waals surface area contributed by atoms with E-state index in [2.05, 4.69) is 30.2 Å². The molecule has 14 nitrogen and oxygen atoms in total. The van der Waals surface area contributed by atoms with Gasteiger partial charge in [-0.3, -0.25) is 19.1 Å². The van der Waals surface area contributed by atoms with Crippen LogP contribution in [0.25, 0.3) is 22.4 Å². The minimum atomic E-state index is -4.39. The van der Waals surface area contributed by atoms with Crippen LogP contribution in [0.2, 0.25) is 0 Å². The third-order valence-electron chi connectivity index (χ3n) is 6.79. The smallest absolute Gasteiger partial charge is 0.329 e. The normalized spacial score (nSPS) is 16.1. The average molecular weight is 570 g/mol. The van der Waals surface area contributed by atoms with E-state index in [1.54, 1.807) is 6.07 Å². The van der Waals surface area contributed by atoms with Gasteiger partial charge in [0.25, 0.3) is 5.56 Å². The highest BCUT2D eigenvalue weighted by Gasteiger charge is 2.46. The summed E-state index contributed by atoms with van der Waals surface area (Å²) in [6.07, 6.45) is 2.55. The molecule has 5 rings (SSSR count). The minimum Gasteiger partial charge on any atom is -0.329 e. The number of imidazole rings is 1. The third-order valence-corrected chi connectivity index (χ3v) is 6.79. The molecule has 17 heteroatoms. The number of rotatable bonds is 6. The standard InChI is InChI=1S/C24H22F3N11O3/c1-13(38-12-32-19-18(38)21(40)37(7-5-28)23(41)35(19)2)20(39)34-17-11-29-10-15(33-17)14-8-30-22(31-9-14)36-6-3-4-16(36)24(25,26)27/h8-13,16H,3-4,6-7H2,1-2H3,(H,33,34,39). The van der Waals surface area contributed by atoms with E-state index in [0.717, 1.165) is 14.0 Å². The van der Waals surface area contributed by atoms with E-state index in [4.69, 9.17) is 5.26 Å². The topological polar surface area (TPSA) is 170 Å². The van der Waals surface area contributed by atoms with Gasteiger partial charge in [-0.25, -0.2) is 29.3 Å². The number of amides is 1. The number of alkyl halides is 3. The minimum absolute atomic E-state index is 0.0246. The number of fused-ring (bicyclic) bond motifs is 1. The zero-order valence-electron chi connectivity index (χ0n) is 21.7. The van der Waals surface area contributed by atoms with Gasteiger partial charge in [-0.05, 0) is 19.8 Å². The molecule has 0 bridgehead atoms. The predicted molar refractivity (Wildman–Crippen MR) is 138 cm³/mol. The van der Waals surface area contributed by atoms with E-state index < -0.39 is 42.0 Å².